The van der Waals surface area contributed by atoms with E-state index in [1.807, 2.05) is 13.8 Å². The van der Waals surface area contributed by atoms with Crippen LogP contribution in [0.15, 0.2) is 72.9 Å². The van der Waals surface area contributed by atoms with Crippen LogP contribution in [0.3, 0.4) is 0 Å². The lowest BCUT2D eigenvalue weighted by molar-refractivity contribution is -0.308. The third-order valence-electron chi connectivity index (χ3n) is 3.12. The van der Waals surface area contributed by atoms with Crippen molar-refractivity contribution < 1.29 is 26.3 Å². The summed E-state index contributed by atoms with van der Waals surface area (Å²) in [6.45, 7) is 13.0. The molecule has 0 heterocycles. The van der Waals surface area contributed by atoms with Crippen molar-refractivity contribution in [3.05, 3.63) is 72.9 Å². The van der Waals surface area contributed by atoms with Crippen molar-refractivity contribution in [2.75, 3.05) is 0 Å². The van der Waals surface area contributed by atoms with E-state index in [2.05, 4.69) is 13.2 Å². The number of allylic oxidation sites excluding steroid dienone is 10. The average molecular weight is 366 g/mol. The van der Waals surface area contributed by atoms with Gasteiger partial charge >= 0.3 is 12.4 Å². The maximum absolute atomic E-state index is 13.6. The van der Waals surface area contributed by atoms with E-state index in [-0.39, 0.29) is 0 Å². The highest BCUT2D eigenvalue weighted by molar-refractivity contribution is 5.46. The van der Waals surface area contributed by atoms with Crippen molar-refractivity contribution in [3.8, 4) is 0 Å². The van der Waals surface area contributed by atoms with Crippen LogP contribution in [-0.2, 0) is 0 Å². The summed E-state index contributed by atoms with van der Waals surface area (Å²) in [5.41, 5.74) is -6.16. The highest BCUT2D eigenvalue weighted by Crippen LogP contribution is 2.59. The SMILES string of the molecule is C=C/C=C(\C=C)C(C(/C=C\C=C/C)=C/C)(C(F)(F)F)C(F)(F)F.CC. The highest BCUT2D eigenvalue weighted by Gasteiger charge is 2.73. The Hall–Kier alpha value is -1.98. The summed E-state index contributed by atoms with van der Waals surface area (Å²) < 4.78 is 81.9. The monoisotopic (exact) mass is 366 g/mol. The molecule has 0 nitrogen and oxygen atoms in total. The van der Waals surface area contributed by atoms with E-state index in [1.54, 1.807) is 6.92 Å². The fraction of sp³-hybridized carbons (Fsp3) is 0.368. The van der Waals surface area contributed by atoms with Crippen LogP contribution in [0.4, 0.5) is 26.3 Å². The Labute approximate surface area is 145 Å². The summed E-state index contributed by atoms with van der Waals surface area (Å²) >= 11 is 0. The first-order chi connectivity index (χ1) is 11.5. The van der Waals surface area contributed by atoms with Gasteiger partial charge in [-0.1, -0.05) is 75.6 Å². The van der Waals surface area contributed by atoms with Crippen LogP contribution in [0.2, 0.25) is 0 Å². The lowest BCUT2D eigenvalue weighted by Gasteiger charge is -2.39. The summed E-state index contributed by atoms with van der Waals surface area (Å²) in [5.74, 6) is 0. The summed E-state index contributed by atoms with van der Waals surface area (Å²) in [5, 5.41) is 0. The summed E-state index contributed by atoms with van der Waals surface area (Å²) in [6, 6.07) is 0. The smallest absolute Gasteiger partial charge is 0.169 e. The van der Waals surface area contributed by atoms with E-state index in [9.17, 15) is 26.3 Å². The summed E-state index contributed by atoms with van der Waals surface area (Å²) in [4.78, 5) is 0. The molecule has 0 saturated carbocycles. The minimum absolute atomic E-state index is 0.551. The summed E-state index contributed by atoms with van der Waals surface area (Å²) in [7, 11) is 0. The molecule has 0 atom stereocenters. The first-order valence-corrected chi connectivity index (χ1v) is 7.59. The lowest BCUT2D eigenvalue weighted by Crippen LogP contribution is -2.52. The van der Waals surface area contributed by atoms with Crippen molar-refractivity contribution in [2.24, 2.45) is 5.41 Å². The van der Waals surface area contributed by atoms with Crippen molar-refractivity contribution in [2.45, 2.75) is 40.0 Å². The molecule has 0 radical (unpaired) electrons. The number of halogens is 6. The highest BCUT2D eigenvalue weighted by atomic mass is 19.4. The Bertz CT molecular complexity index is 525. The molecule has 0 aliphatic carbocycles. The molecule has 0 aliphatic heterocycles. The van der Waals surface area contributed by atoms with Gasteiger partial charge in [-0.3, -0.25) is 0 Å². The van der Waals surface area contributed by atoms with Gasteiger partial charge in [-0.05, 0) is 25.0 Å². The van der Waals surface area contributed by atoms with Crippen LogP contribution in [0.25, 0.3) is 0 Å². The predicted molar refractivity (Wildman–Crippen MR) is 92.1 cm³/mol. The Balaban J connectivity index is 0. The second-order valence-corrected chi connectivity index (χ2v) is 4.44. The molecule has 0 spiro atoms. The Morgan fingerprint density at radius 2 is 1.28 bits per heavy atom. The van der Waals surface area contributed by atoms with Crippen molar-refractivity contribution in [1.82, 2.24) is 0 Å². The molecular weight excluding hydrogens is 342 g/mol. The van der Waals surface area contributed by atoms with E-state index >= 15 is 0 Å². The van der Waals surface area contributed by atoms with Gasteiger partial charge in [0.15, 0.2) is 0 Å². The molecular formula is C19H24F6. The van der Waals surface area contributed by atoms with Crippen LogP contribution in [0.1, 0.15) is 27.7 Å². The molecule has 0 saturated heterocycles. The Kier molecular flexibility index (Phi) is 10.9. The van der Waals surface area contributed by atoms with Crippen molar-refractivity contribution >= 4 is 0 Å². The topological polar surface area (TPSA) is 0 Å². The fourth-order valence-electron chi connectivity index (χ4n) is 2.16. The number of alkyl halides is 6. The molecule has 0 N–H and O–H groups in total. The molecule has 0 amide bonds. The van der Waals surface area contributed by atoms with Crippen LogP contribution < -0.4 is 0 Å². The number of rotatable bonds is 6. The van der Waals surface area contributed by atoms with E-state index in [1.165, 1.54) is 12.2 Å². The van der Waals surface area contributed by atoms with Crippen molar-refractivity contribution in [1.29, 1.82) is 0 Å². The molecule has 0 fully saturated rings. The molecule has 25 heavy (non-hydrogen) atoms. The predicted octanol–water partition coefficient (Wildman–Crippen LogP) is 7.50. The zero-order valence-electron chi connectivity index (χ0n) is 14.8. The van der Waals surface area contributed by atoms with Gasteiger partial charge in [-0.25, -0.2) is 0 Å². The second-order valence-electron chi connectivity index (χ2n) is 4.44. The largest absolute Gasteiger partial charge is 0.411 e. The fourth-order valence-corrected chi connectivity index (χ4v) is 2.16. The standard InChI is InChI=1S/C17H18F6.C2H6/c1-5-9-10-12-14(8-4)15(16(18,19)20,17(21,22)23)13(7-3)11-6-2;1-2/h5-12H,2-3H2,1,4H3;1-2H3/b9-5-,12-10-,13-11+,14-8+;. The first kappa shape index (κ1) is 25.3. The normalized spacial score (nSPS) is 14.5. The molecule has 142 valence electrons. The van der Waals surface area contributed by atoms with Crippen LogP contribution in [0.5, 0.6) is 0 Å². The van der Waals surface area contributed by atoms with Crippen LogP contribution in [-0.4, -0.2) is 12.4 Å². The number of hydrogen-bond donors (Lipinski definition) is 0. The minimum Gasteiger partial charge on any atom is -0.169 e. The van der Waals surface area contributed by atoms with Gasteiger partial charge in [0.05, 0.1) is 0 Å². The van der Waals surface area contributed by atoms with E-state index in [0.717, 1.165) is 31.2 Å². The lowest BCUT2D eigenvalue weighted by atomic mass is 9.71. The van der Waals surface area contributed by atoms with Gasteiger partial charge < -0.3 is 0 Å². The third kappa shape index (κ3) is 5.51. The van der Waals surface area contributed by atoms with Gasteiger partial charge in [0.25, 0.3) is 0 Å². The van der Waals surface area contributed by atoms with Crippen molar-refractivity contribution in [3.63, 3.8) is 0 Å². The van der Waals surface area contributed by atoms with E-state index < -0.39 is 28.9 Å². The van der Waals surface area contributed by atoms with Gasteiger partial charge in [0.1, 0.15) is 0 Å². The second kappa shape index (κ2) is 10.8. The van der Waals surface area contributed by atoms with Gasteiger partial charge in [0.2, 0.25) is 5.41 Å². The molecule has 0 bridgehead atoms. The van der Waals surface area contributed by atoms with Gasteiger partial charge in [0, 0.05) is 0 Å². The Morgan fingerprint density at radius 1 is 0.800 bits per heavy atom. The molecule has 0 aromatic heterocycles. The third-order valence-corrected chi connectivity index (χ3v) is 3.12. The van der Waals surface area contributed by atoms with Gasteiger partial charge in [-0.15, -0.1) is 0 Å². The van der Waals surface area contributed by atoms with E-state index in [0.29, 0.717) is 12.2 Å². The quantitative estimate of drug-likeness (QED) is 0.337. The molecule has 0 aromatic carbocycles. The Morgan fingerprint density at radius 3 is 1.56 bits per heavy atom. The molecule has 0 unspecified atom stereocenters. The van der Waals surface area contributed by atoms with Gasteiger partial charge in [-0.2, -0.15) is 26.3 Å². The van der Waals surface area contributed by atoms with Crippen LogP contribution >= 0.6 is 0 Å². The molecule has 0 rings (SSSR count). The minimum atomic E-state index is -5.61. The van der Waals surface area contributed by atoms with Crippen LogP contribution in [0, 0.1) is 5.41 Å². The first-order valence-electron chi connectivity index (χ1n) is 7.59. The summed E-state index contributed by atoms with van der Waals surface area (Å²) in [6.07, 6.45) is -3.61. The molecule has 0 aliphatic rings. The van der Waals surface area contributed by atoms with E-state index in [4.69, 9.17) is 0 Å². The average Bonchev–Trinajstić information content (AvgIpc) is 2.52. The number of hydrogen-bond acceptors (Lipinski definition) is 0. The zero-order valence-corrected chi connectivity index (χ0v) is 14.8. The molecule has 6 heteroatoms. The maximum Gasteiger partial charge on any atom is 0.411 e. The zero-order chi connectivity index (χ0) is 20.3. The molecule has 0 aromatic rings. The maximum atomic E-state index is 13.6.